The fourth-order valence-electron chi connectivity index (χ4n) is 3.99. The van der Waals surface area contributed by atoms with E-state index in [4.69, 9.17) is 13.6 Å². The first kappa shape index (κ1) is 15.9. The van der Waals surface area contributed by atoms with Gasteiger partial charge in [0.15, 0.2) is 0 Å². The summed E-state index contributed by atoms with van der Waals surface area (Å²) >= 11 is 0. The van der Waals surface area contributed by atoms with E-state index in [9.17, 15) is 0 Å². The molecule has 1 spiro atoms. The minimum atomic E-state index is 0.0784. The Bertz CT molecular complexity index is 615. The fourth-order valence-corrected chi connectivity index (χ4v) is 3.99. The van der Waals surface area contributed by atoms with Gasteiger partial charge in [-0.1, -0.05) is 0 Å². The summed E-state index contributed by atoms with van der Waals surface area (Å²) in [7, 11) is 2.17. The van der Waals surface area contributed by atoms with Crippen LogP contribution in [-0.2, 0) is 17.8 Å². The monoisotopic (exact) mass is 330 g/mol. The highest BCUT2D eigenvalue weighted by Crippen LogP contribution is 2.38. The molecule has 130 valence electrons. The summed E-state index contributed by atoms with van der Waals surface area (Å²) in [5.74, 6) is 1.02. The fraction of sp³-hybridized carbons (Fsp3) is 0.579. The van der Waals surface area contributed by atoms with Crippen molar-refractivity contribution in [1.82, 2.24) is 9.80 Å². The minimum Gasteiger partial charge on any atom is -0.472 e. The molecule has 2 aliphatic heterocycles. The molecule has 2 fully saturated rings. The molecule has 2 aromatic rings. The lowest BCUT2D eigenvalue weighted by Crippen LogP contribution is -2.44. The molecule has 0 radical (unpaired) electrons. The lowest BCUT2D eigenvalue weighted by Gasteiger charge is -2.38. The van der Waals surface area contributed by atoms with Gasteiger partial charge in [-0.15, -0.1) is 0 Å². The third kappa shape index (κ3) is 3.43. The highest BCUT2D eigenvalue weighted by molar-refractivity contribution is 5.06. The van der Waals surface area contributed by atoms with Crippen LogP contribution in [0.15, 0.2) is 45.8 Å². The SMILES string of the molecule is CN(Cc1ccco1)[C@@H]1COC2(CCN(Cc3ccoc3)CC2)C1. The Hall–Kier alpha value is -1.56. The Morgan fingerprint density at radius 1 is 1.25 bits per heavy atom. The molecule has 4 rings (SSSR count). The number of nitrogens with zero attached hydrogens (tertiary/aromatic N) is 2. The van der Waals surface area contributed by atoms with Crippen molar-refractivity contribution < 1.29 is 13.6 Å². The van der Waals surface area contributed by atoms with Crippen LogP contribution in [0.4, 0.5) is 0 Å². The first-order valence-corrected chi connectivity index (χ1v) is 8.82. The topological polar surface area (TPSA) is 42.0 Å². The van der Waals surface area contributed by atoms with E-state index in [-0.39, 0.29) is 5.60 Å². The van der Waals surface area contributed by atoms with Crippen molar-refractivity contribution in [3.05, 3.63) is 48.3 Å². The van der Waals surface area contributed by atoms with Crippen molar-refractivity contribution in [3.8, 4) is 0 Å². The van der Waals surface area contributed by atoms with E-state index in [1.807, 2.05) is 18.4 Å². The quantitative estimate of drug-likeness (QED) is 0.842. The Morgan fingerprint density at radius 2 is 2.12 bits per heavy atom. The highest BCUT2D eigenvalue weighted by Gasteiger charge is 2.43. The number of hydrogen-bond acceptors (Lipinski definition) is 5. The second kappa shape index (κ2) is 6.75. The molecule has 0 N–H and O–H groups in total. The molecule has 2 aliphatic rings. The Labute approximate surface area is 143 Å². The average molecular weight is 330 g/mol. The maximum atomic E-state index is 6.30. The van der Waals surface area contributed by atoms with Crippen LogP contribution in [0.5, 0.6) is 0 Å². The predicted molar refractivity (Wildman–Crippen MR) is 90.5 cm³/mol. The molecular weight excluding hydrogens is 304 g/mol. The first-order valence-electron chi connectivity index (χ1n) is 8.82. The van der Waals surface area contributed by atoms with Gasteiger partial charge in [0, 0.05) is 31.2 Å². The lowest BCUT2D eigenvalue weighted by molar-refractivity contribution is -0.0452. The van der Waals surface area contributed by atoms with Crippen LogP contribution in [-0.4, -0.2) is 48.2 Å². The van der Waals surface area contributed by atoms with Gasteiger partial charge in [-0.25, -0.2) is 0 Å². The molecule has 4 heterocycles. The maximum Gasteiger partial charge on any atom is 0.117 e. The van der Waals surface area contributed by atoms with E-state index in [1.54, 1.807) is 12.5 Å². The van der Waals surface area contributed by atoms with Gasteiger partial charge in [0.1, 0.15) is 5.76 Å². The molecule has 2 saturated heterocycles. The summed E-state index contributed by atoms with van der Waals surface area (Å²) in [6.07, 6.45) is 8.71. The van der Waals surface area contributed by atoms with Gasteiger partial charge in [0.2, 0.25) is 0 Å². The molecule has 5 heteroatoms. The number of rotatable bonds is 5. The molecule has 1 atom stereocenters. The Kier molecular flexibility index (Phi) is 4.48. The van der Waals surface area contributed by atoms with Crippen LogP contribution in [0.2, 0.25) is 0 Å². The summed E-state index contributed by atoms with van der Waals surface area (Å²) < 4.78 is 16.9. The number of ether oxygens (including phenoxy) is 1. The number of likely N-dealkylation sites (N-methyl/N-ethyl adjacent to an activating group) is 1. The van der Waals surface area contributed by atoms with Gasteiger partial charge in [0.25, 0.3) is 0 Å². The summed E-state index contributed by atoms with van der Waals surface area (Å²) in [5.41, 5.74) is 1.34. The zero-order valence-electron chi connectivity index (χ0n) is 14.3. The van der Waals surface area contributed by atoms with Gasteiger partial charge < -0.3 is 13.6 Å². The molecule has 0 aromatic carbocycles. The Morgan fingerprint density at radius 3 is 2.83 bits per heavy atom. The van der Waals surface area contributed by atoms with Gasteiger partial charge in [0.05, 0.1) is 37.5 Å². The molecule has 0 amide bonds. The number of likely N-dealkylation sites (tertiary alicyclic amines) is 1. The highest BCUT2D eigenvalue weighted by atomic mass is 16.5. The second-order valence-corrected chi connectivity index (χ2v) is 7.25. The summed E-state index contributed by atoms with van der Waals surface area (Å²) in [5, 5.41) is 0. The van der Waals surface area contributed by atoms with E-state index in [2.05, 4.69) is 22.9 Å². The van der Waals surface area contributed by atoms with Crippen molar-refractivity contribution in [1.29, 1.82) is 0 Å². The molecule has 0 aliphatic carbocycles. The van der Waals surface area contributed by atoms with Crippen LogP contribution in [0.3, 0.4) is 0 Å². The number of hydrogen-bond donors (Lipinski definition) is 0. The van der Waals surface area contributed by atoms with Gasteiger partial charge >= 0.3 is 0 Å². The maximum absolute atomic E-state index is 6.30. The second-order valence-electron chi connectivity index (χ2n) is 7.25. The smallest absolute Gasteiger partial charge is 0.117 e. The van der Waals surface area contributed by atoms with Crippen molar-refractivity contribution in [2.24, 2.45) is 0 Å². The molecule has 24 heavy (non-hydrogen) atoms. The minimum absolute atomic E-state index is 0.0784. The lowest BCUT2D eigenvalue weighted by atomic mass is 9.87. The molecule has 0 bridgehead atoms. The normalized spacial score (nSPS) is 24.2. The summed E-state index contributed by atoms with van der Waals surface area (Å²) in [4.78, 5) is 4.87. The van der Waals surface area contributed by atoms with Gasteiger partial charge in [-0.3, -0.25) is 9.80 Å². The van der Waals surface area contributed by atoms with E-state index >= 15 is 0 Å². The largest absolute Gasteiger partial charge is 0.472 e. The van der Waals surface area contributed by atoms with Crippen molar-refractivity contribution in [2.45, 2.75) is 44.0 Å². The van der Waals surface area contributed by atoms with Crippen LogP contribution < -0.4 is 0 Å². The van der Waals surface area contributed by atoms with E-state index < -0.39 is 0 Å². The Balaban J connectivity index is 1.28. The summed E-state index contributed by atoms with van der Waals surface area (Å²) in [6.45, 7) is 4.86. The van der Waals surface area contributed by atoms with E-state index in [1.165, 1.54) is 5.56 Å². The number of piperidine rings is 1. The molecule has 0 saturated carbocycles. The standard InChI is InChI=1S/C19H26N2O3/c1-20(13-18-3-2-9-23-18)17-11-19(24-15-17)5-7-21(8-6-19)12-16-4-10-22-14-16/h2-4,9-10,14,17H,5-8,11-13,15H2,1H3/t17-/m0/s1. The van der Waals surface area contributed by atoms with Crippen molar-refractivity contribution in [3.63, 3.8) is 0 Å². The van der Waals surface area contributed by atoms with Gasteiger partial charge in [-0.2, -0.15) is 0 Å². The van der Waals surface area contributed by atoms with Crippen LogP contribution >= 0.6 is 0 Å². The number of furan rings is 2. The zero-order valence-corrected chi connectivity index (χ0v) is 14.3. The predicted octanol–water partition coefficient (Wildman–Crippen LogP) is 3.13. The zero-order chi connectivity index (χ0) is 16.4. The van der Waals surface area contributed by atoms with Crippen molar-refractivity contribution in [2.75, 3.05) is 26.7 Å². The molecule has 5 nitrogen and oxygen atoms in total. The molecule has 0 unspecified atom stereocenters. The molecular formula is C19H26N2O3. The molecule has 2 aromatic heterocycles. The van der Waals surface area contributed by atoms with Crippen LogP contribution in [0.25, 0.3) is 0 Å². The van der Waals surface area contributed by atoms with E-state index in [0.29, 0.717) is 6.04 Å². The third-order valence-corrected chi connectivity index (χ3v) is 5.55. The van der Waals surface area contributed by atoms with E-state index in [0.717, 1.165) is 57.8 Å². The van der Waals surface area contributed by atoms with Crippen LogP contribution in [0, 0.1) is 0 Å². The van der Waals surface area contributed by atoms with Crippen LogP contribution in [0.1, 0.15) is 30.6 Å². The van der Waals surface area contributed by atoms with Crippen molar-refractivity contribution >= 4 is 0 Å². The average Bonchev–Trinajstić information content (AvgIpc) is 3.33. The van der Waals surface area contributed by atoms with Gasteiger partial charge in [-0.05, 0) is 44.5 Å². The first-order chi connectivity index (χ1) is 11.7. The third-order valence-electron chi connectivity index (χ3n) is 5.55. The summed E-state index contributed by atoms with van der Waals surface area (Å²) in [6, 6.07) is 6.52.